The predicted molar refractivity (Wildman–Crippen MR) is 92.2 cm³/mol. The highest BCUT2D eigenvalue weighted by atomic mass is 16.4. The first-order chi connectivity index (χ1) is 11.7. The summed E-state index contributed by atoms with van der Waals surface area (Å²) in [6, 6.07) is 17.7. The number of fused-ring (bicyclic) bond motifs is 2. The summed E-state index contributed by atoms with van der Waals surface area (Å²) in [7, 11) is 0. The van der Waals surface area contributed by atoms with E-state index >= 15 is 0 Å². The minimum atomic E-state index is -0.659. The van der Waals surface area contributed by atoms with Gasteiger partial charge in [0.2, 0.25) is 0 Å². The highest BCUT2D eigenvalue weighted by molar-refractivity contribution is 6.06. The van der Waals surface area contributed by atoms with Gasteiger partial charge in [0, 0.05) is 22.7 Å². The topological polar surface area (TPSA) is 72.2 Å². The molecule has 24 heavy (non-hydrogen) atoms. The molecule has 0 unspecified atom stereocenters. The van der Waals surface area contributed by atoms with Gasteiger partial charge in [0.1, 0.15) is 11.1 Å². The monoisotopic (exact) mass is 316 g/mol. The maximum Gasteiger partial charge on any atom is 0.349 e. The first-order valence-electron chi connectivity index (χ1n) is 7.40. The Morgan fingerprint density at radius 2 is 1.79 bits per heavy atom. The fourth-order valence-corrected chi connectivity index (χ4v) is 2.57. The second-order valence-electron chi connectivity index (χ2n) is 5.35. The Balaban J connectivity index is 1.70. The smallest absolute Gasteiger partial charge is 0.349 e. The Morgan fingerprint density at radius 1 is 0.958 bits per heavy atom. The summed E-state index contributed by atoms with van der Waals surface area (Å²) >= 11 is 0. The molecule has 5 heteroatoms. The molecule has 1 amide bonds. The van der Waals surface area contributed by atoms with Gasteiger partial charge >= 0.3 is 5.63 Å². The molecule has 1 N–H and O–H groups in total. The summed E-state index contributed by atoms with van der Waals surface area (Å²) in [5, 5.41) is 4.33. The number of rotatable bonds is 2. The number of para-hydroxylation sites is 1. The normalized spacial score (nSPS) is 10.8. The minimum Gasteiger partial charge on any atom is -0.422 e. The van der Waals surface area contributed by atoms with Gasteiger partial charge in [0.25, 0.3) is 5.91 Å². The van der Waals surface area contributed by atoms with Gasteiger partial charge in [-0.3, -0.25) is 9.78 Å². The van der Waals surface area contributed by atoms with Crippen molar-refractivity contribution in [3.05, 3.63) is 82.8 Å². The number of aromatic nitrogens is 1. The van der Waals surface area contributed by atoms with E-state index in [0.29, 0.717) is 16.7 Å². The van der Waals surface area contributed by atoms with E-state index in [1.165, 1.54) is 0 Å². The number of carbonyl (C=O) groups is 1. The third-order valence-electron chi connectivity index (χ3n) is 3.75. The van der Waals surface area contributed by atoms with Crippen LogP contribution in [0.5, 0.6) is 0 Å². The molecule has 0 aliphatic carbocycles. The lowest BCUT2D eigenvalue weighted by Gasteiger charge is -2.06. The van der Waals surface area contributed by atoms with Gasteiger partial charge in [-0.05, 0) is 36.4 Å². The minimum absolute atomic E-state index is 0.0278. The molecular weight excluding hydrogens is 304 g/mol. The van der Waals surface area contributed by atoms with Crippen molar-refractivity contribution in [2.75, 3.05) is 5.32 Å². The molecule has 5 nitrogen and oxygen atoms in total. The number of carbonyl (C=O) groups excluding carboxylic acids is 1. The molecule has 0 atom stereocenters. The molecule has 4 aromatic rings. The molecule has 0 spiro atoms. The van der Waals surface area contributed by atoms with Crippen LogP contribution >= 0.6 is 0 Å². The van der Waals surface area contributed by atoms with Crippen LogP contribution < -0.4 is 10.9 Å². The second kappa shape index (κ2) is 5.62. The van der Waals surface area contributed by atoms with E-state index in [9.17, 15) is 9.59 Å². The van der Waals surface area contributed by atoms with E-state index in [2.05, 4.69) is 10.3 Å². The summed E-state index contributed by atoms with van der Waals surface area (Å²) in [5.41, 5.74) is 1.19. The van der Waals surface area contributed by atoms with Crippen molar-refractivity contribution in [2.24, 2.45) is 0 Å². The van der Waals surface area contributed by atoms with Crippen molar-refractivity contribution in [3.63, 3.8) is 0 Å². The van der Waals surface area contributed by atoms with Crippen molar-refractivity contribution < 1.29 is 9.21 Å². The molecule has 2 heterocycles. The summed E-state index contributed by atoms with van der Waals surface area (Å²) < 4.78 is 5.20. The van der Waals surface area contributed by atoms with Gasteiger partial charge < -0.3 is 9.73 Å². The van der Waals surface area contributed by atoms with Gasteiger partial charge in [0.05, 0.1) is 5.52 Å². The number of nitrogens with zero attached hydrogens (tertiary/aromatic N) is 1. The van der Waals surface area contributed by atoms with Crippen LogP contribution in [0.3, 0.4) is 0 Å². The SMILES string of the molecule is O=C(Nc1ccc2ncccc2c1)c1cc2ccccc2oc1=O. The fourth-order valence-electron chi connectivity index (χ4n) is 2.57. The third kappa shape index (κ3) is 2.52. The number of hydrogen-bond acceptors (Lipinski definition) is 4. The van der Waals surface area contributed by atoms with Crippen molar-refractivity contribution in [2.45, 2.75) is 0 Å². The number of amides is 1. The average molecular weight is 316 g/mol. The highest BCUT2D eigenvalue weighted by Gasteiger charge is 2.14. The number of benzene rings is 2. The molecule has 2 aromatic heterocycles. The van der Waals surface area contributed by atoms with Crippen LogP contribution in [0.15, 0.2) is 76.1 Å². The van der Waals surface area contributed by atoms with E-state index < -0.39 is 11.5 Å². The average Bonchev–Trinajstić information content (AvgIpc) is 2.61. The summed E-state index contributed by atoms with van der Waals surface area (Å²) in [6.45, 7) is 0. The molecule has 0 aliphatic heterocycles. The molecule has 0 radical (unpaired) electrons. The first kappa shape index (κ1) is 14.1. The largest absolute Gasteiger partial charge is 0.422 e. The van der Waals surface area contributed by atoms with Crippen LogP contribution in [-0.2, 0) is 0 Å². The van der Waals surface area contributed by atoms with Gasteiger partial charge in [-0.15, -0.1) is 0 Å². The van der Waals surface area contributed by atoms with Gasteiger partial charge in [0.15, 0.2) is 0 Å². The van der Waals surface area contributed by atoms with Crippen LogP contribution in [0.1, 0.15) is 10.4 Å². The Labute approximate surface area is 136 Å². The maximum atomic E-state index is 12.4. The van der Waals surface area contributed by atoms with Crippen molar-refractivity contribution >= 4 is 33.5 Å². The first-order valence-corrected chi connectivity index (χ1v) is 7.40. The van der Waals surface area contributed by atoms with Crippen LogP contribution in [0.4, 0.5) is 5.69 Å². The number of nitrogens with one attached hydrogen (secondary N) is 1. The Hall–Kier alpha value is -3.47. The summed E-state index contributed by atoms with van der Waals surface area (Å²) in [6.07, 6.45) is 1.71. The van der Waals surface area contributed by atoms with Crippen molar-refractivity contribution in [1.82, 2.24) is 4.98 Å². The van der Waals surface area contributed by atoms with Crippen molar-refractivity contribution in [1.29, 1.82) is 0 Å². The lowest BCUT2D eigenvalue weighted by Crippen LogP contribution is -2.20. The summed E-state index contributed by atoms with van der Waals surface area (Å²) in [4.78, 5) is 28.7. The molecule has 2 aromatic carbocycles. The zero-order chi connectivity index (χ0) is 16.5. The van der Waals surface area contributed by atoms with Crippen LogP contribution in [0.2, 0.25) is 0 Å². The molecule has 0 saturated heterocycles. The van der Waals surface area contributed by atoms with Crippen molar-refractivity contribution in [3.8, 4) is 0 Å². The lowest BCUT2D eigenvalue weighted by molar-refractivity contribution is 0.102. The quantitative estimate of drug-likeness (QED) is 0.574. The Kier molecular flexibility index (Phi) is 3.31. The van der Waals surface area contributed by atoms with E-state index in [1.54, 1.807) is 36.5 Å². The lowest BCUT2D eigenvalue weighted by atomic mass is 10.1. The standard InChI is InChI=1S/C19H12N2O3/c22-18(15-11-13-4-1-2-6-17(13)24-19(15)23)21-14-7-8-16-12(10-14)5-3-9-20-16/h1-11H,(H,21,22). The number of hydrogen-bond donors (Lipinski definition) is 1. The number of anilines is 1. The third-order valence-corrected chi connectivity index (χ3v) is 3.75. The van der Waals surface area contributed by atoms with E-state index in [1.807, 2.05) is 30.3 Å². The van der Waals surface area contributed by atoms with E-state index in [-0.39, 0.29) is 5.56 Å². The van der Waals surface area contributed by atoms with E-state index in [4.69, 9.17) is 4.42 Å². The molecule has 0 saturated carbocycles. The Morgan fingerprint density at radius 3 is 2.71 bits per heavy atom. The molecular formula is C19H12N2O3. The van der Waals surface area contributed by atoms with Gasteiger partial charge in [-0.2, -0.15) is 0 Å². The molecule has 116 valence electrons. The van der Waals surface area contributed by atoms with Gasteiger partial charge in [-0.25, -0.2) is 4.79 Å². The zero-order valence-corrected chi connectivity index (χ0v) is 12.5. The fraction of sp³-hybridized carbons (Fsp3) is 0. The molecule has 0 bridgehead atoms. The second-order valence-corrected chi connectivity index (χ2v) is 5.35. The molecule has 0 aliphatic rings. The molecule has 0 fully saturated rings. The van der Waals surface area contributed by atoms with Gasteiger partial charge in [-0.1, -0.05) is 24.3 Å². The molecule has 4 rings (SSSR count). The summed E-state index contributed by atoms with van der Waals surface area (Å²) in [5.74, 6) is -0.502. The zero-order valence-electron chi connectivity index (χ0n) is 12.5. The predicted octanol–water partition coefficient (Wildman–Crippen LogP) is 3.59. The van der Waals surface area contributed by atoms with Crippen LogP contribution in [-0.4, -0.2) is 10.9 Å². The maximum absolute atomic E-state index is 12.4. The Bertz CT molecular complexity index is 1130. The van der Waals surface area contributed by atoms with E-state index in [0.717, 1.165) is 10.9 Å². The van der Waals surface area contributed by atoms with Crippen LogP contribution in [0, 0.1) is 0 Å². The highest BCUT2D eigenvalue weighted by Crippen LogP contribution is 2.18. The number of pyridine rings is 1. The van der Waals surface area contributed by atoms with Crippen LogP contribution in [0.25, 0.3) is 21.9 Å².